The molecule has 0 bridgehead atoms. The quantitative estimate of drug-likeness (QED) is 0.828. The second-order valence-electron chi connectivity index (χ2n) is 3.96. The highest BCUT2D eigenvalue weighted by Gasteiger charge is 2.11. The SMILES string of the molecule is C(=C\C1OCCO1)/c1cccn1-c1ccccn1. The number of rotatable bonds is 3. The highest BCUT2D eigenvalue weighted by atomic mass is 16.7. The molecular weight excluding hydrogens is 228 g/mol. The number of hydrogen-bond donors (Lipinski definition) is 0. The third-order valence-corrected chi connectivity index (χ3v) is 2.75. The van der Waals surface area contributed by atoms with Gasteiger partial charge < -0.3 is 14.0 Å². The van der Waals surface area contributed by atoms with E-state index in [-0.39, 0.29) is 6.29 Å². The van der Waals surface area contributed by atoms with Crippen LogP contribution in [0.15, 0.2) is 48.8 Å². The molecule has 0 aromatic carbocycles. The summed E-state index contributed by atoms with van der Waals surface area (Å²) in [5, 5.41) is 0. The van der Waals surface area contributed by atoms with Gasteiger partial charge in [-0.25, -0.2) is 4.98 Å². The van der Waals surface area contributed by atoms with Gasteiger partial charge in [-0.1, -0.05) is 6.07 Å². The Balaban J connectivity index is 1.83. The lowest BCUT2D eigenvalue weighted by molar-refractivity contribution is -0.000920. The van der Waals surface area contributed by atoms with E-state index in [4.69, 9.17) is 9.47 Å². The van der Waals surface area contributed by atoms with Crippen molar-refractivity contribution >= 4 is 6.08 Å². The first kappa shape index (κ1) is 11.2. The van der Waals surface area contributed by atoms with E-state index in [9.17, 15) is 0 Å². The monoisotopic (exact) mass is 242 g/mol. The molecule has 0 unspecified atom stereocenters. The predicted octanol–water partition coefficient (Wildman–Crippen LogP) is 2.26. The van der Waals surface area contributed by atoms with Crippen LogP contribution in [0.25, 0.3) is 11.9 Å². The van der Waals surface area contributed by atoms with Crippen LogP contribution in [0.1, 0.15) is 5.69 Å². The third kappa shape index (κ3) is 2.34. The van der Waals surface area contributed by atoms with Crippen molar-refractivity contribution in [3.05, 3.63) is 54.5 Å². The Bertz CT molecular complexity index is 528. The molecule has 1 fully saturated rings. The van der Waals surface area contributed by atoms with Gasteiger partial charge in [0, 0.05) is 18.1 Å². The highest BCUT2D eigenvalue weighted by Crippen LogP contribution is 2.13. The standard InChI is InChI=1S/C14H14N2O2/c1-2-8-15-13(5-1)16-9-3-4-12(16)6-7-14-17-10-11-18-14/h1-9,14H,10-11H2/b7-6+. The molecule has 0 N–H and O–H groups in total. The third-order valence-electron chi connectivity index (χ3n) is 2.75. The summed E-state index contributed by atoms with van der Waals surface area (Å²) in [6.07, 6.45) is 7.45. The molecule has 0 atom stereocenters. The normalized spacial score (nSPS) is 16.7. The van der Waals surface area contributed by atoms with Crippen LogP contribution in [-0.4, -0.2) is 29.1 Å². The molecule has 92 valence electrons. The van der Waals surface area contributed by atoms with Gasteiger partial charge in [-0.05, 0) is 36.4 Å². The molecule has 4 nitrogen and oxygen atoms in total. The molecule has 0 saturated carbocycles. The summed E-state index contributed by atoms with van der Waals surface area (Å²) in [4.78, 5) is 4.33. The second-order valence-corrected chi connectivity index (χ2v) is 3.96. The van der Waals surface area contributed by atoms with Gasteiger partial charge in [-0.15, -0.1) is 0 Å². The molecule has 1 aliphatic rings. The van der Waals surface area contributed by atoms with Crippen molar-refractivity contribution in [1.82, 2.24) is 9.55 Å². The molecule has 1 aliphatic heterocycles. The van der Waals surface area contributed by atoms with Crippen LogP contribution in [0.4, 0.5) is 0 Å². The highest BCUT2D eigenvalue weighted by molar-refractivity contribution is 5.49. The van der Waals surface area contributed by atoms with Gasteiger partial charge in [0.05, 0.1) is 13.2 Å². The van der Waals surface area contributed by atoms with E-state index in [1.807, 2.05) is 53.2 Å². The molecule has 3 rings (SSSR count). The lowest BCUT2D eigenvalue weighted by Gasteiger charge is -2.06. The summed E-state index contributed by atoms with van der Waals surface area (Å²) in [5.41, 5.74) is 1.05. The second kappa shape index (κ2) is 5.16. The van der Waals surface area contributed by atoms with Crippen molar-refractivity contribution in [3.63, 3.8) is 0 Å². The molecular formula is C14H14N2O2. The van der Waals surface area contributed by atoms with Crippen LogP contribution in [0, 0.1) is 0 Å². The van der Waals surface area contributed by atoms with E-state index < -0.39 is 0 Å². The summed E-state index contributed by atoms with van der Waals surface area (Å²) >= 11 is 0. The summed E-state index contributed by atoms with van der Waals surface area (Å²) < 4.78 is 12.7. The number of hydrogen-bond acceptors (Lipinski definition) is 3. The average molecular weight is 242 g/mol. The van der Waals surface area contributed by atoms with E-state index in [0.717, 1.165) is 11.5 Å². The van der Waals surface area contributed by atoms with Gasteiger partial charge >= 0.3 is 0 Å². The number of pyridine rings is 1. The van der Waals surface area contributed by atoms with Crippen LogP contribution in [0.3, 0.4) is 0 Å². The summed E-state index contributed by atoms with van der Waals surface area (Å²) in [6, 6.07) is 9.87. The number of ether oxygens (including phenoxy) is 2. The first-order chi connectivity index (χ1) is 8.93. The van der Waals surface area contributed by atoms with Crippen LogP contribution in [0.2, 0.25) is 0 Å². The van der Waals surface area contributed by atoms with E-state index in [1.165, 1.54) is 0 Å². The van der Waals surface area contributed by atoms with Crippen molar-refractivity contribution in [2.45, 2.75) is 6.29 Å². The minimum absolute atomic E-state index is 0.225. The fraction of sp³-hybridized carbons (Fsp3) is 0.214. The fourth-order valence-corrected chi connectivity index (χ4v) is 1.90. The zero-order valence-corrected chi connectivity index (χ0v) is 9.90. The summed E-state index contributed by atoms with van der Waals surface area (Å²) in [7, 11) is 0. The zero-order chi connectivity index (χ0) is 12.2. The molecule has 18 heavy (non-hydrogen) atoms. The molecule has 0 amide bonds. The van der Waals surface area contributed by atoms with Gasteiger partial charge in [0.25, 0.3) is 0 Å². The first-order valence-corrected chi connectivity index (χ1v) is 5.94. The van der Waals surface area contributed by atoms with Crippen molar-refractivity contribution in [2.24, 2.45) is 0 Å². The van der Waals surface area contributed by atoms with E-state index >= 15 is 0 Å². The number of aromatic nitrogens is 2. The van der Waals surface area contributed by atoms with Crippen molar-refractivity contribution in [3.8, 4) is 5.82 Å². The van der Waals surface area contributed by atoms with Crippen LogP contribution < -0.4 is 0 Å². The Morgan fingerprint density at radius 1 is 1.17 bits per heavy atom. The Kier molecular flexibility index (Phi) is 3.21. The molecule has 2 aromatic rings. The molecule has 0 aliphatic carbocycles. The maximum atomic E-state index is 5.36. The van der Waals surface area contributed by atoms with E-state index in [0.29, 0.717) is 13.2 Å². The van der Waals surface area contributed by atoms with Crippen molar-refractivity contribution in [2.75, 3.05) is 13.2 Å². The zero-order valence-electron chi connectivity index (χ0n) is 9.90. The van der Waals surface area contributed by atoms with Gasteiger partial charge in [0.2, 0.25) is 0 Å². The van der Waals surface area contributed by atoms with Crippen LogP contribution >= 0.6 is 0 Å². The molecule has 3 heterocycles. The molecule has 4 heteroatoms. The topological polar surface area (TPSA) is 36.3 Å². The largest absolute Gasteiger partial charge is 0.347 e. The van der Waals surface area contributed by atoms with Crippen molar-refractivity contribution in [1.29, 1.82) is 0 Å². The maximum Gasteiger partial charge on any atom is 0.177 e. The lowest BCUT2D eigenvalue weighted by atomic mass is 10.3. The first-order valence-electron chi connectivity index (χ1n) is 5.94. The fourth-order valence-electron chi connectivity index (χ4n) is 1.90. The Hall–Kier alpha value is -1.91. The molecule has 2 aromatic heterocycles. The number of nitrogens with zero attached hydrogens (tertiary/aromatic N) is 2. The Morgan fingerprint density at radius 3 is 2.83 bits per heavy atom. The Morgan fingerprint density at radius 2 is 2.06 bits per heavy atom. The van der Waals surface area contributed by atoms with Gasteiger partial charge in [-0.3, -0.25) is 0 Å². The van der Waals surface area contributed by atoms with Crippen molar-refractivity contribution < 1.29 is 9.47 Å². The molecule has 0 spiro atoms. The predicted molar refractivity (Wildman–Crippen MR) is 68.3 cm³/mol. The molecule has 1 saturated heterocycles. The van der Waals surface area contributed by atoms with Gasteiger partial charge in [0.15, 0.2) is 6.29 Å². The van der Waals surface area contributed by atoms with E-state index in [2.05, 4.69) is 4.98 Å². The Labute approximate surface area is 105 Å². The minimum Gasteiger partial charge on any atom is -0.347 e. The smallest absolute Gasteiger partial charge is 0.177 e. The summed E-state index contributed by atoms with van der Waals surface area (Å²) in [5.74, 6) is 0.899. The average Bonchev–Trinajstić information content (AvgIpc) is 3.09. The van der Waals surface area contributed by atoms with E-state index in [1.54, 1.807) is 6.20 Å². The maximum absolute atomic E-state index is 5.36. The molecule has 0 radical (unpaired) electrons. The summed E-state index contributed by atoms with van der Waals surface area (Å²) in [6.45, 7) is 1.33. The van der Waals surface area contributed by atoms with Gasteiger partial charge in [-0.2, -0.15) is 0 Å². The minimum atomic E-state index is -0.225. The van der Waals surface area contributed by atoms with Crippen LogP contribution in [0.5, 0.6) is 0 Å². The van der Waals surface area contributed by atoms with Gasteiger partial charge in [0.1, 0.15) is 5.82 Å². The lowest BCUT2D eigenvalue weighted by Crippen LogP contribution is -2.02. The van der Waals surface area contributed by atoms with Crippen LogP contribution in [-0.2, 0) is 9.47 Å².